The zero-order valence-corrected chi connectivity index (χ0v) is 12.1. The van der Waals surface area contributed by atoms with E-state index in [0.717, 1.165) is 18.9 Å². The monoisotopic (exact) mass is 319 g/mol. The number of nitro benzene ring substituents is 1. The minimum absolute atomic E-state index is 0. The molecule has 3 N–H and O–H groups in total. The van der Waals surface area contributed by atoms with Crippen LogP contribution in [0.25, 0.3) is 0 Å². The molecule has 0 saturated heterocycles. The van der Waals surface area contributed by atoms with Crippen molar-refractivity contribution in [2.45, 2.75) is 18.9 Å². The van der Waals surface area contributed by atoms with Crippen LogP contribution >= 0.6 is 24.0 Å². The highest BCUT2D eigenvalue weighted by Gasteiger charge is 2.29. The van der Waals surface area contributed by atoms with Crippen LogP contribution in [0.2, 0.25) is 5.02 Å². The minimum Gasteiger partial charge on any atom is -0.350 e. The van der Waals surface area contributed by atoms with Crippen LogP contribution in [0, 0.1) is 16.0 Å². The lowest BCUT2D eigenvalue weighted by Gasteiger charge is -2.11. The van der Waals surface area contributed by atoms with Gasteiger partial charge in [-0.3, -0.25) is 14.9 Å². The van der Waals surface area contributed by atoms with E-state index in [1.54, 1.807) is 0 Å². The smallest absolute Gasteiger partial charge is 0.283 e. The first-order chi connectivity index (χ1) is 8.99. The van der Waals surface area contributed by atoms with E-state index in [0.29, 0.717) is 12.5 Å². The summed E-state index contributed by atoms with van der Waals surface area (Å²) in [5.41, 5.74) is 5.55. The van der Waals surface area contributed by atoms with E-state index in [1.165, 1.54) is 12.1 Å². The molecule has 1 atom stereocenters. The number of carbonyl (C=O) groups excluding carboxylic acids is 1. The van der Waals surface area contributed by atoms with Gasteiger partial charge in [-0.25, -0.2) is 0 Å². The average molecular weight is 320 g/mol. The highest BCUT2D eigenvalue weighted by Crippen LogP contribution is 2.31. The maximum Gasteiger partial charge on any atom is 0.283 e. The van der Waals surface area contributed by atoms with Crippen molar-refractivity contribution in [3.05, 3.63) is 38.9 Å². The molecule has 8 heteroatoms. The second-order valence-electron chi connectivity index (χ2n) is 4.63. The fraction of sp³-hybridized carbons (Fsp3) is 0.417. The summed E-state index contributed by atoms with van der Waals surface area (Å²) in [4.78, 5) is 22.2. The molecule has 1 amide bonds. The van der Waals surface area contributed by atoms with Crippen LogP contribution in [0.3, 0.4) is 0 Å². The summed E-state index contributed by atoms with van der Waals surface area (Å²) in [6, 6.07) is 3.87. The molecule has 0 aromatic heterocycles. The van der Waals surface area contributed by atoms with Gasteiger partial charge < -0.3 is 11.1 Å². The van der Waals surface area contributed by atoms with Gasteiger partial charge in [-0.2, -0.15) is 0 Å². The zero-order chi connectivity index (χ0) is 14.0. The molecule has 0 aliphatic heterocycles. The van der Waals surface area contributed by atoms with Crippen LogP contribution in [0.5, 0.6) is 0 Å². The number of rotatable bonds is 5. The average Bonchev–Trinajstić information content (AvgIpc) is 3.19. The van der Waals surface area contributed by atoms with Crippen molar-refractivity contribution >= 4 is 35.6 Å². The molecule has 20 heavy (non-hydrogen) atoms. The van der Waals surface area contributed by atoms with Crippen LogP contribution in [-0.2, 0) is 0 Å². The zero-order valence-electron chi connectivity index (χ0n) is 10.5. The third-order valence-electron chi connectivity index (χ3n) is 3.13. The van der Waals surface area contributed by atoms with Crippen LogP contribution in [0.1, 0.15) is 23.2 Å². The molecule has 1 fully saturated rings. The minimum atomic E-state index is -0.623. The van der Waals surface area contributed by atoms with Crippen LogP contribution in [-0.4, -0.2) is 23.4 Å². The van der Waals surface area contributed by atoms with Gasteiger partial charge in [0.1, 0.15) is 5.56 Å². The van der Waals surface area contributed by atoms with Crippen LogP contribution in [0.15, 0.2) is 18.2 Å². The molecule has 0 heterocycles. The number of hydrogen-bond acceptors (Lipinski definition) is 4. The third-order valence-corrected chi connectivity index (χ3v) is 3.36. The van der Waals surface area contributed by atoms with E-state index in [2.05, 4.69) is 5.32 Å². The van der Waals surface area contributed by atoms with Gasteiger partial charge in [0.05, 0.1) is 4.92 Å². The molecule has 0 radical (unpaired) electrons. The largest absolute Gasteiger partial charge is 0.350 e. The molecular weight excluding hydrogens is 305 g/mol. The Morgan fingerprint density at radius 2 is 2.20 bits per heavy atom. The lowest BCUT2D eigenvalue weighted by atomic mass is 10.1. The summed E-state index contributed by atoms with van der Waals surface area (Å²) in [6.45, 7) is 0.323. The first-order valence-electron chi connectivity index (χ1n) is 5.96. The number of benzene rings is 1. The summed E-state index contributed by atoms with van der Waals surface area (Å²) in [7, 11) is 0. The number of nitrogens with two attached hydrogens (primary N) is 1. The summed E-state index contributed by atoms with van der Waals surface area (Å²) in [5, 5.41) is 13.7. The molecule has 1 aromatic carbocycles. The van der Waals surface area contributed by atoms with E-state index in [9.17, 15) is 14.9 Å². The lowest BCUT2D eigenvalue weighted by molar-refractivity contribution is -0.385. The fourth-order valence-corrected chi connectivity index (χ4v) is 2.01. The van der Waals surface area contributed by atoms with Gasteiger partial charge >= 0.3 is 0 Å². The normalized spacial score (nSPS) is 15.1. The van der Waals surface area contributed by atoms with Crippen molar-refractivity contribution in [1.29, 1.82) is 0 Å². The molecule has 0 bridgehead atoms. The number of carbonyl (C=O) groups is 1. The lowest BCUT2D eigenvalue weighted by Crippen LogP contribution is -2.38. The molecule has 2 rings (SSSR count). The van der Waals surface area contributed by atoms with Crippen molar-refractivity contribution in [2.24, 2.45) is 11.7 Å². The second-order valence-corrected chi connectivity index (χ2v) is 5.07. The first-order valence-corrected chi connectivity index (χ1v) is 6.34. The van der Waals surface area contributed by atoms with Crippen LogP contribution < -0.4 is 11.1 Å². The number of nitrogens with zero attached hydrogens (tertiary/aromatic N) is 1. The predicted molar refractivity (Wildman–Crippen MR) is 78.4 cm³/mol. The highest BCUT2D eigenvalue weighted by atomic mass is 35.5. The Morgan fingerprint density at radius 3 is 2.75 bits per heavy atom. The van der Waals surface area contributed by atoms with Gasteiger partial charge in [0.15, 0.2) is 0 Å². The number of hydrogen-bond donors (Lipinski definition) is 2. The maximum absolute atomic E-state index is 11.9. The van der Waals surface area contributed by atoms with Gasteiger partial charge in [-0.15, -0.1) is 12.4 Å². The Bertz CT molecular complexity index is 521. The Morgan fingerprint density at radius 1 is 1.55 bits per heavy atom. The molecule has 1 unspecified atom stereocenters. The van der Waals surface area contributed by atoms with E-state index in [1.807, 2.05) is 0 Å². The van der Waals surface area contributed by atoms with Crippen molar-refractivity contribution in [2.75, 3.05) is 6.54 Å². The number of nitro groups is 1. The van der Waals surface area contributed by atoms with E-state index >= 15 is 0 Å². The predicted octanol–water partition coefficient (Wildman–Crippen LogP) is 2.14. The highest BCUT2D eigenvalue weighted by molar-refractivity contribution is 6.31. The molecule has 1 saturated carbocycles. The van der Waals surface area contributed by atoms with Gasteiger partial charge in [0.25, 0.3) is 11.6 Å². The van der Waals surface area contributed by atoms with Crippen molar-refractivity contribution < 1.29 is 9.72 Å². The second kappa shape index (κ2) is 6.88. The Labute approximate surface area is 127 Å². The SMILES string of the molecule is Cl.NC(CNC(=O)c1ccc(Cl)cc1[N+](=O)[O-])C1CC1. The van der Waals surface area contributed by atoms with E-state index < -0.39 is 10.8 Å². The van der Waals surface area contributed by atoms with Gasteiger partial charge in [-0.05, 0) is 30.9 Å². The number of amides is 1. The number of halogens is 2. The summed E-state index contributed by atoms with van der Waals surface area (Å²) in [6.07, 6.45) is 2.16. The Kier molecular flexibility index (Phi) is 5.74. The molecule has 1 aromatic rings. The molecular formula is C12H15Cl2N3O3. The molecule has 1 aliphatic rings. The standard InChI is InChI=1S/C12H14ClN3O3.ClH/c13-8-3-4-9(11(5-8)16(18)19)12(17)15-6-10(14)7-1-2-7;/h3-5,7,10H,1-2,6,14H2,(H,15,17);1H. The number of nitrogens with one attached hydrogen (secondary N) is 1. The molecule has 6 nitrogen and oxygen atoms in total. The Balaban J connectivity index is 0.00000200. The maximum atomic E-state index is 11.9. The summed E-state index contributed by atoms with van der Waals surface area (Å²) >= 11 is 5.69. The quantitative estimate of drug-likeness (QED) is 0.641. The van der Waals surface area contributed by atoms with Gasteiger partial charge in [0.2, 0.25) is 0 Å². The Hall–Kier alpha value is -1.37. The van der Waals surface area contributed by atoms with Gasteiger partial charge in [0, 0.05) is 23.7 Å². The fourth-order valence-electron chi connectivity index (χ4n) is 1.84. The molecule has 0 spiro atoms. The third kappa shape index (κ3) is 4.06. The van der Waals surface area contributed by atoms with Crippen LogP contribution in [0.4, 0.5) is 5.69 Å². The molecule has 1 aliphatic carbocycles. The first kappa shape index (κ1) is 16.7. The van der Waals surface area contributed by atoms with Crippen molar-refractivity contribution in [1.82, 2.24) is 5.32 Å². The van der Waals surface area contributed by atoms with Crippen molar-refractivity contribution in [3.63, 3.8) is 0 Å². The topological polar surface area (TPSA) is 98.3 Å². The van der Waals surface area contributed by atoms with Crippen molar-refractivity contribution in [3.8, 4) is 0 Å². The van der Waals surface area contributed by atoms with E-state index in [-0.39, 0.29) is 34.7 Å². The summed E-state index contributed by atoms with van der Waals surface area (Å²) in [5.74, 6) is -0.0417. The molecule has 110 valence electrons. The summed E-state index contributed by atoms with van der Waals surface area (Å²) < 4.78 is 0. The van der Waals surface area contributed by atoms with Gasteiger partial charge in [-0.1, -0.05) is 11.6 Å². The van der Waals surface area contributed by atoms with E-state index in [4.69, 9.17) is 17.3 Å².